The van der Waals surface area contributed by atoms with Crippen molar-refractivity contribution < 1.29 is 9.90 Å². The summed E-state index contributed by atoms with van der Waals surface area (Å²) in [5.41, 5.74) is 1.54. The zero-order valence-electron chi connectivity index (χ0n) is 11.8. The third-order valence-corrected chi connectivity index (χ3v) is 3.86. The van der Waals surface area contributed by atoms with Gasteiger partial charge in [-0.05, 0) is 43.4 Å². The average molecular weight is 285 g/mol. The first-order valence-corrected chi connectivity index (χ1v) is 7.28. The molecule has 2 aromatic rings. The molecule has 1 heterocycles. The van der Waals surface area contributed by atoms with Crippen molar-refractivity contribution in [3.8, 4) is 5.69 Å². The van der Waals surface area contributed by atoms with Crippen molar-refractivity contribution in [3.63, 3.8) is 0 Å². The van der Waals surface area contributed by atoms with Gasteiger partial charge < -0.3 is 15.0 Å². The van der Waals surface area contributed by atoms with Crippen LogP contribution in [0.5, 0.6) is 0 Å². The summed E-state index contributed by atoms with van der Waals surface area (Å²) >= 11 is 0. The normalized spacial score (nSPS) is 15.7. The van der Waals surface area contributed by atoms with Gasteiger partial charge in [0.15, 0.2) is 0 Å². The lowest BCUT2D eigenvalue weighted by Crippen LogP contribution is -2.37. The second kappa shape index (κ2) is 6.10. The van der Waals surface area contributed by atoms with E-state index in [1.165, 1.54) is 0 Å². The summed E-state index contributed by atoms with van der Waals surface area (Å²) in [7, 11) is 0. The van der Waals surface area contributed by atoms with Crippen molar-refractivity contribution in [2.45, 2.75) is 25.3 Å². The van der Waals surface area contributed by atoms with Gasteiger partial charge in [0, 0.05) is 36.3 Å². The molecule has 0 radical (unpaired) electrons. The highest BCUT2D eigenvalue weighted by atomic mass is 16.3. The molecule has 3 rings (SSSR count). The average Bonchev–Trinajstić information content (AvgIpc) is 3.21. The molecule has 1 aliphatic carbocycles. The van der Waals surface area contributed by atoms with Crippen LogP contribution in [0.4, 0.5) is 0 Å². The minimum Gasteiger partial charge on any atom is -0.396 e. The zero-order chi connectivity index (χ0) is 14.7. The van der Waals surface area contributed by atoms with Crippen LogP contribution in [0.15, 0.2) is 43.0 Å². The molecule has 1 aromatic carbocycles. The van der Waals surface area contributed by atoms with Gasteiger partial charge in [0.05, 0.1) is 6.33 Å². The lowest BCUT2D eigenvalue weighted by Gasteiger charge is -2.17. The van der Waals surface area contributed by atoms with Gasteiger partial charge in [-0.2, -0.15) is 0 Å². The fourth-order valence-electron chi connectivity index (χ4n) is 2.53. The van der Waals surface area contributed by atoms with Crippen molar-refractivity contribution in [1.82, 2.24) is 14.9 Å². The number of nitrogens with one attached hydrogen (secondary N) is 1. The summed E-state index contributed by atoms with van der Waals surface area (Å²) in [5, 5.41) is 12.1. The van der Waals surface area contributed by atoms with Gasteiger partial charge in [-0.1, -0.05) is 6.07 Å². The molecule has 5 nitrogen and oxygen atoms in total. The quantitative estimate of drug-likeness (QED) is 0.850. The number of nitrogens with zero attached hydrogens (tertiary/aromatic N) is 2. The smallest absolute Gasteiger partial charge is 0.251 e. The van der Waals surface area contributed by atoms with Crippen LogP contribution < -0.4 is 5.32 Å². The van der Waals surface area contributed by atoms with E-state index in [0.29, 0.717) is 17.9 Å². The van der Waals surface area contributed by atoms with Crippen LogP contribution in [-0.4, -0.2) is 33.2 Å². The first-order chi connectivity index (χ1) is 10.3. The molecule has 0 bridgehead atoms. The summed E-state index contributed by atoms with van der Waals surface area (Å²) < 4.78 is 1.86. The number of hydrogen-bond donors (Lipinski definition) is 2. The predicted molar refractivity (Wildman–Crippen MR) is 79.2 cm³/mol. The highest BCUT2D eigenvalue weighted by Gasteiger charge is 2.31. The number of carbonyl (C=O) groups is 1. The summed E-state index contributed by atoms with van der Waals surface area (Å²) in [4.78, 5) is 16.4. The van der Waals surface area contributed by atoms with Gasteiger partial charge in [0.25, 0.3) is 5.91 Å². The number of aromatic nitrogens is 2. The lowest BCUT2D eigenvalue weighted by molar-refractivity contribution is 0.0924. The van der Waals surface area contributed by atoms with E-state index in [4.69, 9.17) is 5.11 Å². The predicted octanol–water partition coefficient (Wildman–Crippen LogP) is 1.76. The lowest BCUT2D eigenvalue weighted by atomic mass is 10.1. The van der Waals surface area contributed by atoms with Crippen molar-refractivity contribution in [2.24, 2.45) is 5.92 Å². The fourth-order valence-corrected chi connectivity index (χ4v) is 2.53. The van der Waals surface area contributed by atoms with Crippen LogP contribution in [0, 0.1) is 5.92 Å². The van der Waals surface area contributed by atoms with E-state index in [-0.39, 0.29) is 18.6 Å². The molecule has 0 aliphatic heterocycles. The maximum absolute atomic E-state index is 12.4. The third kappa shape index (κ3) is 3.31. The molecule has 2 N–H and O–H groups in total. The van der Waals surface area contributed by atoms with E-state index in [0.717, 1.165) is 18.5 Å². The number of carbonyl (C=O) groups excluding carboxylic acids is 1. The highest BCUT2D eigenvalue weighted by molar-refractivity contribution is 5.95. The molecule has 1 atom stereocenters. The van der Waals surface area contributed by atoms with Crippen molar-refractivity contribution >= 4 is 5.91 Å². The van der Waals surface area contributed by atoms with Crippen LogP contribution in [0.25, 0.3) is 5.69 Å². The maximum atomic E-state index is 12.4. The first-order valence-electron chi connectivity index (χ1n) is 7.28. The molecule has 110 valence electrons. The first kappa shape index (κ1) is 13.8. The Morgan fingerprint density at radius 1 is 1.48 bits per heavy atom. The molecular formula is C16H19N3O2. The van der Waals surface area contributed by atoms with Crippen LogP contribution in [-0.2, 0) is 0 Å². The van der Waals surface area contributed by atoms with Crippen LogP contribution in [0.1, 0.15) is 29.6 Å². The monoisotopic (exact) mass is 285 g/mol. The fraction of sp³-hybridized carbons (Fsp3) is 0.375. The van der Waals surface area contributed by atoms with Crippen LogP contribution >= 0.6 is 0 Å². The highest BCUT2D eigenvalue weighted by Crippen LogP contribution is 2.34. The SMILES string of the molecule is O=C(NC(CCO)C1CC1)c1cccc(-n2ccnc2)c1. The second-order valence-electron chi connectivity index (χ2n) is 5.45. The van der Waals surface area contributed by atoms with E-state index >= 15 is 0 Å². The van der Waals surface area contributed by atoms with E-state index in [2.05, 4.69) is 10.3 Å². The van der Waals surface area contributed by atoms with Gasteiger partial charge in [0.1, 0.15) is 0 Å². The van der Waals surface area contributed by atoms with Gasteiger partial charge in [-0.25, -0.2) is 4.98 Å². The number of aliphatic hydroxyl groups is 1. The molecule has 1 saturated carbocycles. The summed E-state index contributed by atoms with van der Waals surface area (Å²) in [6.07, 6.45) is 8.15. The van der Waals surface area contributed by atoms with E-state index in [1.54, 1.807) is 18.6 Å². The Bertz CT molecular complexity index is 606. The minimum atomic E-state index is -0.0812. The Balaban J connectivity index is 1.73. The standard InChI is InChI=1S/C16H19N3O2/c20-9-6-15(12-4-5-12)18-16(21)13-2-1-3-14(10-13)19-8-7-17-11-19/h1-3,7-8,10-12,15,20H,4-6,9H2,(H,18,21). The Morgan fingerprint density at radius 2 is 2.33 bits per heavy atom. The van der Waals surface area contributed by atoms with Crippen molar-refractivity contribution in [2.75, 3.05) is 6.61 Å². The van der Waals surface area contributed by atoms with Crippen molar-refractivity contribution in [3.05, 3.63) is 48.5 Å². The summed E-state index contributed by atoms with van der Waals surface area (Å²) in [6.45, 7) is 0.108. The largest absolute Gasteiger partial charge is 0.396 e. The number of aliphatic hydroxyl groups excluding tert-OH is 1. The molecule has 1 aromatic heterocycles. The third-order valence-electron chi connectivity index (χ3n) is 3.86. The molecule has 1 fully saturated rings. The Morgan fingerprint density at radius 3 is 3.00 bits per heavy atom. The maximum Gasteiger partial charge on any atom is 0.251 e. The van der Waals surface area contributed by atoms with Gasteiger partial charge in [-0.3, -0.25) is 4.79 Å². The van der Waals surface area contributed by atoms with Crippen LogP contribution in [0.3, 0.4) is 0 Å². The second-order valence-corrected chi connectivity index (χ2v) is 5.45. The van der Waals surface area contributed by atoms with Crippen molar-refractivity contribution in [1.29, 1.82) is 0 Å². The number of rotatable bonds is 6. The number of amides is 1. The summed E-state index contributed by atoms with van der Waals surface area (Å²) in [6, 6.07) is 7.53. The van der Waals surface area contributed by atoms with Crippen LogP contribution in [0.2, 0.25) is 0 Å². The van der Waals surface area contributed by atoms with E-state index in [1.807, 2.05) is 29.0 Å². The molecule has 0 spiro atoms. The zero-order valence-corrected chi connectivity index (χ0v) is 11.8. The number of imidazole rings is 1. The molecular weight excluding hydrogens is 266 g/mol. The molecule has 1 amide bonds. The molecule has 1 unspecified atom stereocenters. The molecule has 5 heteroatoms. The minimum absolute atomic E-state index is 0.0812. The Kier molecular flexibility index (Phi) is 4.01. The van der Waals surface area contributed by atoms with Gasteiger partial charge in [-0.15, -0.1) is 0 Å². The van der Waals surface area contributed by atoms with E-state index in [9.17, 15) is 4.79 Å². The van der Waals surface area contributed by atoms with Gasteiger partial charge >= 0.3 is 0 Å². The number of hydrogen-bond acceptors (Lipinski definition) is 3. The van der Waals surface area contributed by atoms with Gasteiger partial charge in [0.2, 0.25) is 0 Å². The Labute approximate surface area is 123 Å². The number of benzene rings is 1. The topological polar surface area (TPSA) is 67.2 Å². The molecule has 21 heavy (non-hydrogen) atoms. The molecule has 1 aliphatic rings. The van der Waals surface area contributed by atoms with E-state index < -0.39 is 0 Å². The molecule has 0 saturated heterocycles. The Hall–Kier alpha value is -2.14. The summed E-state index contributed by atoms with van der Waals surface area (Å²) in [5.74, 6) is 0.445.